The summed E-state index contributed by atoms with van der Waals surface area (Å²) in [6.45, 7) is 0.523. The molecule has 0 aliphatic carbocycles. The number of hydrogen-bond donors (Lipinski definition) is 0. The van der Waals surface area contributed by atoms with Crippen LogP contribution in [0.1, 0.15) is 12.8 Å². The van der Waals surface area contributed by atoms with Gasteiger partial charge >= 0.3 is 0 Å². The van der Waals surface area contributed by atoms with E-state index >= 15 is 0 Å². The summed E-state index contributed by atoms with van der Waals surface area (Å²) in [5.41, 5.74) is 0. The molecule has 3 nitrogen and oxygen atoms in total. The molecule has 0 saturated carbocycles. The summed E-state index contributed by atoms with van der Waals surface area (Å²) in [7, 11) is 1.62. The van der Waals surface area contributed by atoms with Crippen LogP contribution in [0.4, 0.5) is 0 Å². The maximum absolute atomic E-state index is 8.48. The quantitative estimate of drug-likeness (QED) is 0.545. The third kappa shape index (κ3) is 1.69. The van der Waals surface area contributed by atoms with Gasteiger partial charge in [-0.1, -0.05) is 0 Å². The van der Waals surface area contributed by atoms with Crippen molar-refractivity contribution in [3.05, 3.63) is 0 Å². The minimum Gasteiger partial charge on any atom is -0.356 e. The fourth-order valence-electron chi connectivity index (χ4n) is 1.02. The topological polar surface area (TPSA) is 42.2 Å². The highest BCUT2D eigenvalue weighted by atomic mass is 16.7. The standard InChI is InChI=1S/C7H11NO2/c1-9-7-3-2-6(4-8)5-10-7/h6-7H,2-3,5H2,1H3. The Hall–Kier alpha value is -0.590. The van der Waals surface area contributed by atoms with Crippen LogP contribution in [0.2, 0.25) is 0 Å². The molecular weight excluding hydrogens is 130 g/mol. The molecule has 1 saturated heterocycles. The van der Waals surface area contributed by atoms with Gasteiger partial charge in [0, 0.05) is 7.11 Å². The zero-order valence-electron chi connectivity index (χ0n) is 6.04. The average molecular weight is 141 g/mol. The van der Waals surface area contributed by atoms with Crippen molar-refractivity contribution in [1.29, 1.82) is 5.26 Å². The van der Waals surface area contributed by atoms with Crippen LogP contribution in [0.3, 0.4) is 0 Å². The first-order chi connectivity index (χ1) is 4.86. The molecule has 1 heterocycles. The number of nitriles is 1. The van der Waals surface area contributed by atoms with Gasteiger partial charge in [0.2, 0.25) is 0 Å². The van der Waals surface area contributed by atoms with Crippen molar-refractivity contribution in [2.45, 2.75) is 19.1 Å². The molecule has 0 bridgehead atoms. The minimum atomic E-state index is -0.0791. The van der Waals surface area contributed by atoms with Crippen LogP contribution in [0.25, 0.3) is 0 Å². The highest BCUT2D eigenvalue weighted by Crippen LogP contribution is 2.17. The van der Waals surface area contributed by atoms with Crippen molar-refractivity contribution in [3.63, 3.8) is 0 Å². The van der Waals surface area contributed by atoms with Crippen molar-refractivity contribution < 1.29 is 9.47 Å². The first-order valence-electron chi connectivity index (χ1n) is 3.41. The van der Waals surface area contributed by atoms with E-state index in [2.05, 4.69) is 6.07 Å². The van der Waals surface area contributed by atoms with Gasteiger partial charge in [0.05, 0.1) is 18.6 Å². The van der Waals surface area contributed by atoms with Crippen LogP contribution in [0, 0.1) is 17.2 Å². The summed E-state index contributed by atoms with van der Waals surface area (Å²) in [4.78, 5) is 0. The maximum Gasteiger partial charge on any atom is 0.157 e. The minimum absolute atomic E-state index is 0.0754. The fraction of sp³-hybridized carbons (Fsp3) is 0.857. The molecule has 0 amide bonds. The van der Waals surface area contributed by atoms with E-state index in [4.69, 9.17) is 14.7 Å². The van der Waals surface area contributed by atoms with Crippen molar-refractivity contribution >= 4 is 0 Å². The van der Waals surface area contributed by atoms with Crippen molar-refractivity contribution in [1.82, 2.24) is 0 Å². The molecule has 56 valence electrons. The second kappa shape index (κ2) is 3.55. The van der Waals surface area contributed by atoms with Gasteiger partial charge in [-0.25, -0.2) is 0 Å². The van der Waals surface area contributed by atoms with Gasteiger partial charge in [-0.3, -0.25) is 0 Å². The van der Waals surface area contributed by atoms with E-state index in [1.54, 1.807) is 7.11 Å². The van der Waals surface area contributed by atoms with Gasteiger partial charge in [-0.2, -0.15) is 5.26 Å². The number of nitrogens with zero attached hydrogens (tertiary/aromatic N) is 1. The molecule has 10 heavy (non-hydrogen) atoms. The molecule has 2 atom stereocenters. The molecule has 0 aromatic heterocycles. The molecule has 1 fully saturated rings. The van der Waals surface area contributed by atoms with E-state index in [0.717, 1.165) is 12.8 Å². The van der Waals surface area contributed by atoms with E-state index in [9.17, 15) is 0 Å². The second-order valence-electron chi connectivity index (χ2n) is 2.40. The summed E-state index contributed by atoms with van der Waals surface area (Å²) in [6.07, 6.45) is 1.66. The predicted octanol–water partition coefficient (Wildman–Crippen LogP) is 0.909. The summed E-state index contributed by atoms with van der Waals surface area (Å²) < 4.78 is 10.1. The first-order valence-corrected chi connectivity index (χ1v) is 3.41. The molecule has 0 spiro atoms. The van der Waals surface area contributed by atoms with Gasteiger partial charge in [0.1, 0.15) is 0 Å². The summed E-state index contributed by atoms with van der Waals surface area (Å²) in [5, 5.41) is 8.48. The average Bonchev–Trinajstić information content (AvgIpc) is 2.05. The van der Waals surface area contributed by atoms with Gasteiger partial charge in [-0.15, -0.1) is 0 Å². The maximum atomic E-state index is 8.48. The lowest BCUT2D eigenvalue weighted by molar-refractivity contribution is -0.153. The Labute approximate surface area is 60.5 Å². The summed E-state index contributed by atoms with van der Waals surface area (Å²) in [6, 6.07) is 2.17. The molecule has 0 aromatic carbocycles. The molecule has 1 rings (SSSR count). The third-order valence-electron chi connectivity index (χ3n) is 1.68. The van der Waals surface area contributed by atoms with E-state index in [-0.39, 0.29) is 12.2 Å². The normalized spacial score (nSPS) is 33.2. The highest BCUT2D eigenvalue weighted by Gasteiger charge is 2.20. The molecule has 0 N–H and O–H groups in total. The summed E-state index contributed by atoms with van der Waals surface area (Å²) >= 11 is 0. The lowest BCUT2D eigenvalue weighted by atomic mass is 10.0. The second-order valence-corrected chi connectivity index (χ2v) is 2.40. The fourth-order valence-corrected chi connectivity index (χ4v) is 1.02. The largest absolute Gasteiger partial charge is 0.356 e. The Morgan fingerprint density at radius 3 is 2.80 bits per heavy atom. The molecule has 1 aliphatic rings. The van der Waals surface area contributed by atoms with E-state index in [0.29, 0.717) is 6.61 Å². The van der Waals surface area contributed by atoms with Crippen LogP contribution in [-0.4, -0.2) is 20.0 Å². The Balaban J connectivity index is 2.25. The van der Waals surface area contributed by atoms with Crippen molar-refractivity contribution in [2.24, 2.45) is 5.92 Å². The molecule has 3 heteroatoms. The lowest BCUT2D eigenvalue weighted by Crippen LogP contribution is -2.26. The van der Waals surface area contributed by atoms with Crippen molar-refractivity contribution in [2.75, 3.05) is 13.7 Å². The number of ether oxygens (including phenoxy) is 2. The SMILES string of the molecule is COC1CCC(C#N)CO1. The van der Waals surface area contributed by atoms with Crippen LogP contribution >= 0.6 is 0 Å². The first kappa shape index (κ1) is 7.52. The smallest absolute Gasteiger partial charge is 0.157 e. The Morgan fingerprint density at radius 2 is 2.40 bits per heavy atom. The van der Waals surface area contributed by atoms with Gasteiger partial charge in [0.15, 0.2) is 6.29 Å². The van der Waals surface area contributed by atoms with Gasteiger partial charge in [-0.05, 0) is 12.8 Å². The van der Waals surface area contributed by atoms with Crippen molar-refractivity contribution in [3.8, 4) is 6.07 Å². The number of hydrogen-bond acceptors (Lipinski definition) is 3. The zero-order valence-corrected chi connectivity index (χ0v) is 6.04. The molecule has 1 aliphatic heterocycles. The Bertz CT molecular complexity index is 133. The zero-order chi connectivity index (χ0) is 7.40. The Kier molecular flexibility index (Phi) is 2.67. The van der Waals surface area contributed by atoms with E-state index in [1.807, 2.05) is 0 Å². The van der Waals surface area contributed by atoms with E-state index in [1.165, 1.54) is 0 Å². The van der Waals surface area contributed by atoms with Crippen LogP contribution in [-0.2, 0) is 9.47 Å². The molecule has 0 radical (unpaired) electrons. The molecule has 2 unspecified atom stereocenters. The predicted molar refractivity (Wildman–Crippen MR) is 35.1 cm³/mol. The van der Waals surface area contributed by atoms with Gasteiger partial charge < -0.3 is 9.47 Å². The van der Waals surface area contributed by atoms with Crippen LogP contribution in [0.15, 0.2) is 0 Å². The number of methoxy groups -OCH3 is 1. The number of rotatable bonds is 1. The third-order valence-corrected chi connectivity index (χ3v) is 1.68. The summed E-state index contributed by atoms with van der Waals surface area (Å²) in [5.74, 6) is 0.0754. The molecule has 0 aromatic rings. The monoisotopic (exact) mass is 141 g/mol. The highest BCUT2D eigenvalue weighted by molar-refractivity contribution is 4.84. The van der Waals surface area contributed by atoms with Gasteiger partial charge in [0.25, 0.3) is 0 Å². The van der Waals surface area contributed by atoms with Crippen LogP contribution in [0.5, 0.6) is 0 Å². The van der Waals surface area contributed by atoms with E-state index < -0.39 is 0 Å². The molecular formula is C7H11NO2. The lowest BCUT2D eigenvalue weighted by Gasteiger charge is -2.23. The van der Waals surface area contributed by atoms with Crippen LogP contribution < -0.4 is 0 Å². The Morgan fingerprint density at radius 1 is 1.60 bits per heavy atom.